The average molecular weight is 283 g/mol. The number of nitrogen functional groups attached to an aromatic ring is 1. The van der Waals surface area contributed by atoms with Crippen LogP contribution in [0.1, 0.15) is 20.4 Å². The molecule has 1 amide bonds. The molecule has 1 aliphatic rings. The number of nitrogens with two attached hydrogens (primary N) is 1. The van der Waals surface area contributed by atoms with Crippen LogP contribution in [-0.4, -0.2) is 60.5 Å². The Kier molecular flexibility index (Phi) is 4.87. The first-order valence-corrected chi connectivity index (χ1v) is 7.30. The molecule has 7 heteroatoms. The van der Waals surface area contributed by atoms with Crippen molar-refractivity contribution >= 4 is 17.2 Å². The minimum Gasteiger partial charge on any atom is -0.304 e. The Morgan fingerprint density at radius 2 is 2.11 bits per heavy atom. The van der Waals surface area contributed by atoms with E-state index in [0.717, 1.165) is 49.8 Å². The number of nitrogens with zero attached hydrogens (tertiary/aromatic N) is 3. The van der Waals surface area contributed by atoms with Crippen molar-refractivity contribution in [3.63, 3.8) is 0 Å². The van der Waals surface area contributed by atoms with E-state index in [1.165, 1.54) is 11.3 Å². The molecule has 19 heavy (non-hydrogen) atoms. The van der Waals surface area contributed by atoms with Gasteiger partial charge in [-0.2, -0.15) is 0 Å². The van der Waals surface area contributed by atoms with Crippen molar-refractivity contribution in [2.45, 2.75) is 13.3 Å². The van der Waals surface area contributed by atoms with Gasteiger partial charge in [0, 0.05) is 39.1 Å². The zero-order valence-electron chi connectivity index (χ0n) is 11.5. The maximum atomic E-state index is 11.5. The molecule has 2 heterocycles. The van der Waals surface area contributed by atoms with Crippen LogP contribution in [0, 0.1) is 6.92 Å². The predicted octanol–water partition coefficient (Wildman–Crippen LogP) is -0.155. The fourth-order valence-corrected chi connectivity index (χ4v) is 3.12. The maximum absolute atomic E-state index is 11.5. The molecule has 0 unspecified atom stereocenters. The number of carbonyl (C=O) groups is 1. The molecule has 0 aromatic carbocycles. The van der Waals surface area contributed by atoms with E-state index in [-0.39, 0.29) is 5.91 Å². The number of aromatic nitrogens is 1. The molecule has 1 fully saturated rings. The fourth-order valence-electron chi connectivity index (χ4n) is 2.16. The monoisotopic (exact) mass is 283 g/mol. The highest BCUT2D eigenvalue weighted by Crippen LogP contribution is 2.18. The van der Waals surface area contributed by atoms with E-state index < -0.39 is 0 Å². The Hall–Kier alpha value is -1.02. The van der Waals surface area contributed by atoms with Gasteiger partial charge in [-0.1, -0.05) is 0 Å². The molecule has 106 valence electrons. The predicted molar refractivity (Wildman–Crippen MR) is 76.1 cm³/mol. The summed E-state index contributed by atoms with van der Waals surface area (Å²) in [6.07, 6.45) is 0.896. The number of hydrogen-bond acceptors (Lipinski definition) is 6. The zero-order chi connectivity index (χ0) is 13.8. The summed E-state index contributed by atoms with van der Waals surface area (Å²) in [7, 11) is 2.15. The largest absolute Gasteiger partial charge is 0.304 e. The Balaban J connectivity index is 1.88. The molecule has 0 saturated carbocycles. The molecule has 0 atom stereocenters. The van der Waals surface area contributed by atoms with Crippen LogP contribution in [0.5, 0.6) is 0 Å². The highest BCUT2D eigenvalue weighted by atomic mass is 32.1. The summed E-state index contributed by atoms with van der Waals surface area (Å²) in [5.41, 5.74) is 2.93. The van der Waals surface area contributed by atoms with Crippen molar-refractivity contribution in [1.29, 1.82) is 0 Å². The topological polar surface area (TPSA) is 74.5 Å². The number of thiazole rings is 1. The Morgan fingerprint density at radius 1 is 1.42 bits per heavy atom. The Bertz CT molecular complexity index is 439. The first kappa shape index (κ1) is 14.4. The van der Waals surface area contributed by atoms with Crippen LogP contribution in [0.3, 0.4) is 0 Å². The van der Waals surface area contributed by atoms with E-state index in [2.05, 4.69) is 27.3 Å². The van der Waals surface area contributed by atoms with Crippen molar-refractivity contribution in [3.05, 3.63) is 15.6 Å². The van der Waals surface area contributed by atoms with E-state index in [1.807, 2.05) is 6.92 Å². The first-order chi connectivity index (χ1) is 9.10. The standard InChI is InChI=1S/C12H21N5OS/c1-9-11(12(18)15-13)19-10(14-9)3-4-17-7-5-16(2)6-8-17/h3-8,13H2,1-2H3,(H,15,18). The summed E-state index contributed by atoms with van der Waals surface area (Å²) < 4.78 is 0. The number of amides is 1. The van der Waals surface area contributed by atoms with Crippen LogP contribution in [0.25, 0.3) is 0 Å². The smallest absolute Gasteiger partial charge is 0.277 e. The fraction of sp³-hybridized carbons (Fsp3) is 0.667. The minimum absolute atomic E-state index is 0.249. The molecule has 6 nitrogen and oxygen atoms in total. The second kappa shape index (κ2) is 6.42. The van der Waals surface area contributed by atoms with Crippen LogP contribution in [-0.2, 0) is 6.42 Å². The molecule has 0 radical (unpaired) electrons. The normalized spacial score (nSPS) is 17.6. The lowest BCUT2D eigenvalue weighted by atomic mass is 10.3. The number of likely N-dealkylation sites (N-methyl/N-ethyl adjacent to an activating group) is 1. The van der Waals surface area contributed by atoms with Crippen molar-refractivity contribution in [3.8, 4) is 0 Å². The quantitative estimate of drug-likeness (QED) is 0.456. The Labute approximate surface area is 117 Å². The van der Waals surface area contributed by atoms with E-state index in [1.54, 1.807) is 0 Å². The van der Waals surface area contributed by atoms with Crippen LogP contribution >= 0.6 is 11.3 Å². The molecule has 0 spiro atoms. The molecule has 1 aromatic rings. The molecule has 1 saturated heterocycles. The second-order valence-corrected chi connectivity index (χ2v) is 5.97. The molecule has 0 bridgehead atoms. The lowest BCUT2D eigenvalue weighted by molar-refractivity contribution is 0.0957. The minimum atomic E-state index is -0.249. The lowest BCUT2D eigenvalue weighted by Gasteiger charge is -2.32. The number of rotatable bonds is 4. The van der Waals surface area contributed by atoms with Crippen LogP contribution in [0.2, 0.25) is 0 Å². The molecule has 0 aliphatic carbocycles. The molecule has 1 aliphatic heterocycles. The van der Waals surface area contributed by atoms with Crippen molar-refractivity contribution in [2.24, 2.45) is 5.84 Å². The number of nitrogens with one attached hydrogen (secondary N) is 1. The zero-order valence-corrected chi connectivity index (χ0v) is 12.3. The number of aryl methyl sites for hydroxylation is 1. The molecular formula is C12H21N5OS. The van der Waals surface area contributed by atoms with Crippen molar-refractivity contribution < 1.29 is 4.79 Å². The van der Waals surface area contributed by atoms with E-state index in [9.17, 15) is 4.79 Å². The van der Waals surface area contributed by atoms with Gasteiger partial charge in [0.2, 0.25) is 0 Å². The third kappa shape index (κ3) is 3.73. The number of hydrazine groups is 1. The van der Waals surface area contributed by atoms with Gasteiger partial charge in [0.05, 0.1) is 10.7 Å². The SMILES string of the molecule is Cc1nc(CCN2CCN(C)CC2)sc1C(=O)NN. The number of piperazine rings is 1. The Morgan fingerprint density at radius 3 is 2.74 bits per heavy atom. The lowest BCUT2D eigenvalue weighted by Crippen LogP contribution is -2.45. The van der Waals surface area contributed by atoms with Gasteiger partial charge in [-0.15, -0.1) is 11.3 Å². The maximum Gasteiger partial charge on any atom is 0.277 e. The van der Waals surface area contributed by atoms with Gasteiger partial charge in [-0.25, -0.2) is 10.8 Å². The average Bonchev–Trinajstić information content (AvgIpc) is 2.78. The van der Waals surface area contributed by atoms with Crippen LogP contribution < -0.4 is 11.3 Å². The van der Waals surface area contributed by atoms with Crippen LogP contribution in [0.4, 0.5) is 0 Å². The summed E-state index contributed by atoms with van der Waals surface area (Å²) in [6.45, 7) is 7.31. The van der Waals surface area contributed by atoms with Gasteiger partial charge in [0.15, 0.2) is 0 Å². The number of hydrogen-bond donors (Lipinski definition) is 2. The second-order valence-electron chi connectivity index (χ2n) is 4.89. The van der Waals surface area contributed by atoms with Crippen LogP contribution in [0.15, 0.2) is 0 Å². The first-order valence-electron chi connectivity index (χ1n) is 6.48. The highest BCUT2D eigenvalue weighted by molar-refractivity contribution is 7.13. The van der Waals surface area contributed by atoms with Gasteiger partial charge in [-0.3, -0.25) is 10.2 Å². The van der Waals surface area contributed by atoms with Gasteiger partial charge >= 0.3 is 0 Å². The summed E-state index contributed by atoms with van der Waals surface area (Å²) in [6, 6.07) is 0. The van der Waals surface area contributed by atoms with E-state index >= 15 is 0 Å². The van der Waals surface area contributed by atoms with E-state index in [4.69, 9.17) is 5.84 Å². The summed E-state index contributed by atoms with van der Waals surface area (Å²) in [4.78, 5) is 21.4. The summed E-state index contributed by atoms with van der Waals surface area (Å²) in [5.74, 6) is 4.90. The third-order valence-corrected chi connectivity index (χ3v) is 4.63. The summed E-state index contributed by atoms with van der Waals surface area (Å²) >= 11 is 1.44. The molecule has 2 rings (SSSR count). The summed E-state index contributed by atoms with van der Waals surface area (Å²) in [5, 5.41) is 1.01. The van der Waals surface area contributed by atoms with Gasteiger partial charge in [-0.05, 0) is 14.0 Å². The van der Waals surface area contributed by atoms with Crippen molar-refractivity contribution in [1.82, 2.24) is 20.2 Å². The number of carbonyl (C=O) groups excluding carboxylic acids is 1. The molecule has 3 N–H and O–H groups in total. The van der Waals surface area contributed by atoms with Crippen molar-refractivity contribution in [2.75, 3.05) is 39.8 Å². The van der Waals surface area contributed by atoms with E-state index in [0.29, 0.717) is 4.88 Å². The van der Waals surface area contributed by atoms with Gasteiger partial charge in [0.1, 0.15) is 4.88 Å². The molecule has 1 aromatic heterocycles. The highest BCUT2D eigenvalue weighted by Gasteiger charge is 2.16. The van der Waals surface area contributed by atoms with Gasteiger partial charge in [0.25, 0.3) is 5.91 Å². The van der Waals surface area contributed by atoms with Gasteiger partial charge < -0.3 is 9.80 Å². The third-order valence-electron chi connectivity index (χ3n) is 3.42. The molecular weight excluding hydrogens is 262 g/mol.